The molecule has 3 atom stereocenters. The van der Waals surface area contributed by atoms with Gasteiger partial charge in [-0.05, 0) is 31.5 Å². The minimum absolute atomic E-state index is 0.0343. The Kier molecular flexibility index (Phi) is 6.44. The number of carbonyl (C=O) groups is 1. The Morgan fingerprint density at radius 2 is 1.81 bits per heavy atom. The summed E-state index contributed by atoms with van der Waals surface area (Å²) in [5, 5.41) is 10.4. The molecule has 1 N–H and O–H groups in total. The number of nitrogens with zero attached hydrogens (tertiary/aromatic N) is 1. The smallest absolute Gasteiger partial charge is 0.233 e. The summed E-state index contributed by atoms with van der Waals surface area (Å²) in [5.74, 6) is -0.891. The summed E-state index contributed by atoms with van der Waals surface area (Å²) in [5.41, 5.74) is 1.09. The van der Waals surface area contributed by atoms with Gasteiger partial charge in [-0.2, -0.15) is 0 Å². The molecule has 146 valence electrons. The van der Waals surface area contributed by atoms with E-state index < -0.39 is 11.9 Å². The topological polar surface area (TPSA) is 69.9 Å². The second-order valence-corrected chi connectivity index (χ2v) is 7.29. The van der Waals surface area contributed by atoms with E-state index in [-0.39, 0.29) is 24.5 Å². The molecule has 2 heterocycles. The van der Waals surface area contributed by atoms with Gasteiger partial charge in [0.05, 0.1) is 31.8 Å². The number of carbonyl (C=O) groups excluding carboxylic acids is 1. The molecule has 0 aliphatic carbocycles. The number of hydrogen-bond donors (Lipinski definition) is 1. The van der Waals surface area contributed by atoms with Gasteiger partial charge >= 0.3 is 0 Å². The second kappa shape index (κ2) is 8.80. The van der Waals surface area contributed by atoms with Crippen LogP contribution in [-0.2, 0) is 20.8 Å². The van der Waals surface area contributed by atoms with E-state index in [2.05, 4.69) is 0 Å². The van der Waals surface area contributed by atoms with Gasteiger partial charge in [0.2, 0.25) is 5.91 Å². The molecule has 0 saturated carbocycles. The van der Waals surface area contributed by atoms with Gasteiger partial charge in [0.15, 0.2) is 5.79 Å². The summed E-state index contributed by atoms with van der Waals surface area (Å²) in [6.45, 7) is 4.53. The van der Waals surface area contributed by atoms with Crippen molar-refractivity contribution < 1.29 is 24.1 Å². The molecule has 1 aliphatic heterocycles. The highest BCUT2D eigenvalue weighted by Gasteiger charge is 2.42. The van der Waals surface area contributed by atoms with Gasteiger partial charge in [-0.3, -0.25) is 9.36 Å². The van der Waals surface area contributed by atoms with Crippen molar-refractivity contribution in [2.24, 2.45) is 0 Å². The van der Waals surface area contributed by atoms with Gasteiger partial charge < -0.3 is 19.3 Å². The number of benzene rings is 1. The Hall–Kier alpha value is -1.99. The van der Waals surface area contributed by atoms with E-state index in [4.69, 9.17) is 14.2 Å². The number of aliphatic hydroxyl groups excluding tert-OH is 1. The standard InChI is InChI=1S/C21H27NO5/c1-21(2)26-18(12-17(23)13-20(24)22-10-6-7-11-22)19(27-21)15-25-14-16-8-4-3-5-9-16/h3-11,17-19,23H,12-15H2,1-2H3/t17-,18-,19-/m1/s1. The molecule has 0 spiro atoms. The van der Waals surface area contributed by atoms with E-state index in [1.54, 1.807) is 24.5 Å². The Labute approximate surface area is 159 Å². The number of aliphatic hydroxyl groups is 1. The van der Waals surface area contributed by atoms with Gasteiger partial charge in [0, 0.05) is 18.8 Å². The zero-order valence-corrected chi connectivity index (χ0v) is 15.8. The fraction of sp³-hybridized carbons (Fsp3) is 0.476. The summed E-state index contributed by atoms with van der Waals surface area (Å²) >= 11 is 0. The average Bonchev–Trinajstić information content (AvgIpc) is 3.24. The first-order valence-electron chi connectivity index (χ1n) is 9.24. The number of ether oxygens (including phenoxy) is 3. The van der Waals surface area contributed by atoms with Crippen molar-refractivity contribution in [3.05, 3.63) is 60.4 Å². The normalized spacial score (nSPS) is 22.6. The molecule has 6 heteroatoms. The summed E-state index contributed by atoms with van der Waals surface area (Å²) < 4.78 is 19.1. The van der Waals surface area contributed by atoms with Crippen LogP contribution in [0.25, 0.3) is 0 Å². The van der Waals surface area contributed by atoms with Gasteiger partial charge in [-0.25, -0.2) is 0 Å². The van der Waals surface area contributed by atoms with Crippen molar-refractivity contribution in [1.29, 1.82) is 0 Å². The third kappa shape index (κ3) is 5.74. The predicted molar refractivity (Wildman–Crippen MR) is 100 cm³/mol. The van der Waals surface area contributed by atoms with Crippen LogP contribution in [0, 0.1) is 0 Å². The third-order valence-corrected chi connectivity index (χ3v) is 4.49. The van der Waals surface area contributed by atoms with Gasteiger partial charge in [-0.15, -0.1) is 0 Å². The molecule has 0 unspecified atom stereocenters. The monoisotopic (exact) mass is 373 g/mol. The lowest BCUT2D eigenvalue weighted by Crippen LogP contribution is -2.32. The molecule has 6 nitrogen and oxygen atoms in total. The lowest BCUT2D eigenvalue weighted by atomic mass is 10.0. The van der Waals surface area contributed by atoms with E-state index in [1.807, 2.05) is 44.2 Å². The van der Waals surface area contributed by atoms with Crippen molar-refractivity contribution in [2.75, 3.05) is 6.61 Å². The minimum Gasteiger partial charge on any atom is -0.392 e. The van der Waals surface area contributed by atoms with Crippen LogP contribution in [0.15, 0.2) is 54.9 Å². The Morgan fingerprint density at radius 3 is 2.52 bits per heavy atom. The lowest BCUT2D eigenvalue weighted by Gasteiger charge is -2.20. The van der Waals surface area contributed by atoms with E-state index in [0.29, 0.717) is 19.6 Å². The Morgan fingerprint density at radius 1 is 1.15 bits per heavy atom. The molecule has 1 aromatic carbocycles. The first kappa shape index (κ1) is 19.8. The molecule has 27 heavy (non-hydrogen) atoms. The summed E-state index contributed by atoms with van der Waals surface area (Å²) in [4.78, 5) is 12.1. The minimum atomic E-state index is -0.806. The first-order chi connectivity index (χ1) is 12.9. The fourth-order valence-corrected chi connectivity index (χ4v) is 3.28. The van der Waals surface area contributed by atoms with Crippen LogP contribution >= 0.6 is 0 Å². The number of aromatic nitrogens is 1. The Bertz CT molecular complexity index is 713. The third-order valence-electron chi connectivity index (χ3n) is 4.49. The van der Waals surface area contributed by atoms with Gasteiger partial charge in [0.25, 0.3) is 0 Å². The SMILES string of the molecule is CC1(C)O[C@H](COCc2ccccc2)[C@@H](C[C@@H](O)CC(=O)n2cccc2)O1. The second-order valence-electron chi connectivity index (χ2n) is 7.29. The average molecular weight is 373 g/mol. The van der Waals surface area contributed by atoms with Crippen molar-refractivity contribution in [3.8, 4) is 0 Å². The molecule has 1 aliphatic rings. The van der Waals surface area contributed by atoms with E-state index in [1.165, 1.54) is 4.57 Å². The first-order valence-corrected chi connectivity index (χ1v) is 9.24. The van der Waals surface area contributed by atoms with E-state index >= 15 is 0 Å². The predicted octanol–water partition coefficient (Wildman–Crippen LogP) is 3.01. The molecular formula is C21H27NO5. The lowest BCUT2D eigenvalue weighted by molar-refractivity contribution is -0.152. The molecular weight excluding hydrogens is 346 g/mol. The van der Waals surface area contributed by atoms with Crippen LogP contribution < -0.4 is 0 Å². The molecule has 0 bridgehead atoms. The molecule has 2 aromatic rings. The van der Waals surface area contributed by atoms with Crippen molar-refractivity contribution >= 4 is 5.91 Å². The van der Waals surface area contributed by atoms with Crippen molar-refractivity contribution in [3.63, 3.8) is 0 Å². The van der Waals surface area contributed by atoms with Gasteiger partial charge in [0.1, 0.15) is 6.10 Å². The molecule has 1 saturated heterocycles. The maximum absolute atomic E-state index is 12.1. The zero-order chi connectivity index (χ0) is 19.3. The molecule has 1 aromatic heterocycles. The highest BCUT2D eigenvalue weighted by molar-refractivity contribution is 5.79. The zero-order valence-electron chi connectivity index (χ0n) is 15.8. The summed E-state index contributed by atoms with van der Waals surface area (Å²) in [6, 6.07) is 13.5. The maximum Gasteiger partial charge on any atom is 0.233 e. The van der Waals surface area contributed by atoms with Crippen LogP contribution in [0.5, 0.6) is 0 Å². The van der Waals surface area contributed by atoms with E-state index in [9.17, 15) is 9.90 Å². The van der Waals surface area contributed by atoms with Crippen LogP contribution in [0.1, 0.15) is 37.0 Å². The van der Waals surface area contributed by atoms with Crippen LogP contribution in [0.2, 0.25) is 0 Å². The van der Waals surface area contributed by atoms with Crippen LogP contribution in [0.4, 0.5) is 0 Å². The van der Waals surface area contributed by atoms with Crippen molar-refractivity contribution in [1.82, 2.24) is 4.57 Å². The largest absolute Gasteiger partial charge is 0.392 e. The number of hydrogen-bond acceptors (Lipinski definition) is 5. The van der Waals surface area contributed by atoms with Crippen LogP contribution in [-0.4, -0.2) is 46.3 Å². The quantitative estimate of drug-likeness (QED) is 0.770. The summed E-state index contributed by atoms with van der Waals surface area (Å²) in [7, 11) is 0. The Balaban J connectivity index is 1.51. The number of rotatable bonds is 8. The van der Waals surface area contributed by atoms with Crippen molar-refractivity contribution in [2.45, 2.75) is 57.4 Å². The molecule has 1 fully saturated rings. The van der Waals surface area contributed by atoms with E-state index in [0.717, 1.165) is 5.56 Å². The van der Waals surface area contributed by atoms with Gasteiger partial charge in [-0.1, -0.05) is 30.3 Å². The fourth-order valence-electron chi connectivity index (χ4n) is 3.28. The highest BCUT2D eigenvalue weighted by atomic mass is 16.8. The molecule has 3 rings (SSSR count). The molecule has 0 amide bonds. The summed E-state index contributed by atoms with van der Waals surface area (Å²) in [6.07, 6.45) is 2.27. The van der Waals surface area contributed by atoms with Crippen LogP contribution in [0.3, 0.4) is 0 Å². The highest BCUT2D eigenvalue weighted by Crippen LogP contribution is 2.31. The maximum atomic E-state index is 12.1. The molecule has 0 radical (unpaired) electrons.